The average molecular weight is 460 g/mol. The van der Waals surface area contributed by atoms with Crippen LogP contribution >= 0.6 is 0 Å². The zero-order chi connectivity index (χ0) is 23.0. The third-order valence-electron chi connectivity index (χ3n) is 5.12. The van der Waals surface area contributed by atoms with Gasteiger partial charge in [0.2, 0.25) is 9.84 Å². The molecule has 0 amide bonds. The van der Waals surface area contributed by atoms with E-state index in [4.69, 9.17) is 5.73 Å². The predicted molar refractivity (Wildman–Crippen MR) is 120 cm³/mol. The summed E-state index contributed by atoms with van der Waals surface area (Å²) in [6.07, 6.45) is 2.79. The predicted octanol–water partition coefficient (Wildman–Crippen LogP) is 3.49. The molecule has 3 aromatic heterocycles. The fourth-order valence-corrected chi connectivity index (χ4v) is 4.79. The molecule has 33 heavy (non-hydrogen) atoms. The molecule has 2 N–H and O–H groups in total. The zero-order valence-electron chi connectivity index (χ0n) is 17.1. The first kappa shape index (κ1) is 20.7. The summed E-state index contributed by atoms with van der Waals surface area (Å²) in [5.41, 5.74) is 7.37. The Morgan fingerprint density at radius 2 is 1.70 bits per heavy atom. The quantitative estimate of drug-likeness (QED) is 0.427. The highest BCUT2D eigenvalue weighted by Gasteiger charge is 2.24. The SMILES string of the molecule is Nc1nc(-c2nn(Cc3ccccc3F)c3ncccc23)ncc1S(=O)(=O)c1ccccc1. The molecule has 0 radical (unpaired) electrons. The molecule has 0 unspecified atom stereocenters. The zero-order valence-corrected chi connectivity index (χ0v) is 17.9. The van der Waals surface area contributed by atoms with Gasteiger partial charge in [0, 0.05) is 11.8 Å². The highest BCUT2D eigenvalue weighted by Crippen LogP contribution is 2.29. The normalized spacial score (nSPS) is 11.7. The van der Waals surface area contributed by atoms with Gasteiger partial charge in [-0.25, -0.2) is 32.4 Å². The van der Waals surface area contributed by atoms with Gasteiger partial charge in [0.25, 0.3) is 0 Å². The van der Waals surface area contributed by atoms with E-state index in [0.29, 0.717) is 22.3 Å². The number of nitrogens with two attached hydrogens (primary N) is 1. The maximum Gasteiger partial charge on any atom is 0.211 e. The standard InChI is InChI=1S/C23H17FN6O2S/c24-18-11-5-4-7-15(18)14-30-23-17(10-6-12-26-23)20(29-30)22-27-13-19(21(25)28-22)33(31,32)16-8-2-1-3-9-16/h1-13H,14H2,(H2,25,27,28). The molecule has 0 fully saturated rings. The highest BCUT2D eigenvalue weighted by atomic mass is 32.2. The fraction of sp³-hybridized carbons (Fsp3) is 0.0435. The molecule has 8 nitrogen and oxygen atoms in total. The minimum absolute atomic E-state index is 0.0943. The molecule has 0 aliphatic heterocycles. The number of rotatable bonds is 5. The van der Waals surface area contributed by atoms with Crippen molar-refractivity contribution in [3.63, 3.8) is 0 Å². The van der Waals surface area contributed by atoms with Crippen molar-refractivity contribution in [1.29, 1.82) is 0 Å². The molecule has 164 valence electrons. The lowest BCUT2D eigenvalue weighted by molar-refractivity contribution is 0.589. The third-order valence-corrected chi connectivity index (χ3v) is 6.91. The number of nitrogen functional groups attached to an aromatic ring is 1. The topological polar surface area (TPSA) is 117 Å². The van der Waals surface area contributed by atoms with E-state index in [0.717, 1.165) is 0 Å². The van der Waals surface area contributed by atoms with E-state index in [9.17, 15) is 12.8 Å². The maximum atomic E-state index is 14.2. The molecular weight excluding hydrogens is 443 g/mol. The van der Waals surface area contributed by atoms with Crippen molar-refractivity contribution in [3.8, 4) is 11.5 Å². The summed E-state index contributed by atoms with van der Waals surface area (Å²) < 4.78 is 41.6. The van der Waals surface area contributed by atoms with Gasteiger partial charge in [0.05, 0.1) is 23.0 Å². The van der Waals surface area contributed by atoms with Crippen molar-refractivity contribution in [2.24, 2.45) is 0 Å². The number of aromatic nitrogens is 5. The Balaban J connectivity index is 1.59. The minimum Gasteiger partial charge on any atom is -0.382 e. The van der Waals surface area contributed by atoms with Crippen LogP contribution in [0.2, 0.25) is 0 Å². The van der Waals surface area contributed by atoms with Gasteiger partial charge in [-0.3, -0.25) is 0 Å². The van der Waals surface area contributed by atoms with Gasteiger partial charge in [-0.15, -0.1) is 0 Å². The first-order valence-electron chi connectivity index (χ1n) is 9.93. The van der Waals surface area contributed by atoms with Gasteiger partial charge < -0.3 is 5.73 Å². The number of fused-ring (bicyclic) bond motifs is 1. The summed E-state index contributed by atoms with van der Waals surface area (Å²) in [6.45, 7) is 0.149. The monoisotopic (exact) mass is 460 g/mol. The van der Waals surface area contributed by atoms with Crippen molar-refractivity contribution in [2.45, 2.75) is 16.3 Å². The minimum atomic E-state index is -3.88. The van der Waals surface area contributed by atoms with Crippen LogP contribution in [-0.2, 0) is 16.4 Å². The lowest BCUT2D eigenvalue weighted by Crippen LogP contribution is -2.09. The fourth-order valence-electron chi connectivity index (χ4n) is 3.50. The van der Waals surface area contributed by atoms with Gasteiger partial charge in [-0.1, -0.05) is 36.4 Å². The van der Waals surface area contributed by atoms with E-state index in [1.54, 1.807) is 59.4 Å². The molecule has 0 bridgehead atoms. The summed E-state index contributed by atoms with van der Waals surface area (Å²) in [4.78, 5) is 12.7. The molecular formula is C23H17FN6O2S. The van der Waals surface area contributed by atoms with Crippen LogP contribution in [0.4, 0.5) is 10.2 Å². The van der Waals surface area contributed by atoms with Crippen molar-refractivity contribution in [2.75, 3.05) is 5.73 Å². The Morgan fingerprint density at radius 1 is 0.939 bits per heavy atom. The summed E-state index contributed by atoms with van der Waals surface area (Å²) >= 11 is 0. The van der Waals surface area contributed by atoms with Crippen LogP contribution in [0.1, 0.15) is 5.56 Å². The van der Waals surface area contributed by atoms with E-state index in [1.165, 1.54) is 24.4 Å². The molecule has 5 aromatic rings. The maximum absolute atomic E-state index is 14.2. The highest BCUT2D eigenvalue weighted by molar-refractivity contribution is 7.91. The molecule has 3 heterocycles. The van der Waals surface area contributed by atoms with E-state index in [-0.39, 0.29) is 33.8 Å². The van der Waals surface area contributed by atoms with E-state index >= 15 is 0 Å². The Morgan fingerprint density at radius 3 is 2.45 bits per heavy atom. The van der Waals surface area contributed by atoms with Gasteiger partial charge >= 0.3 is 0 Å². The lowest BCUT2D eigenvalue weighted by atomic mass is 10.2. The lowest BCUT2D eigenvalue weighted by Gasteiger charge is -2.07. The van der Waals surface area contributed by atoms with Crippen LogP contribution < -0.4 is 5.73 Å². The molecule has 10 heteroatoms. The Hall–Kier alpha value is -4.18. The van der Waals surface area contributed by atoms with E-state index in [1.807, 2.05) is 0 Å². The van der Waals surface area contributed by atoms with Gasteiger partial charge in [-0.2, -0.15) is 5.10 Å². The second-order valence-electron chi connectivity index (χ2n) is 7.23. The van der Waals surface area contributed by atoms with Crippen LogP contribution in [-0.4, -0.2) is 33.2 Å². The first-order valence-corrected chi connectivity index (χ1v) is 11.4. The molecule has 0 spiro atoms. The van der Waals surface area contributed by atoms with Crippen molar-refractivity contribution < 1.29 is 12.8 Å². The second kappa shape index (κ2) is 8.06. The van der Waals surface area contributed by atoms with Crippen LogP contribution in [0.25, 0.3) is 22.6 Å². The number of sulfone groups is 1. The second-order valence-corrected chi connectivity index (χ2v) is 9.15. The van der Waals surface area contributed by atoms with Gasteiger partial charge in [0.1, 0.15) is 22.2 Å². The Bertz CT molecular complexity index is 1590. The number of hydrogen-bond donors (Lipinski definition) is 1. The van der Waals surface area contributed by atoms with Crippen LogP contribution in [0.5, 0.6) is 0 Å². The Kier molecular flexibility index (Phi) is 5.06. The van der Waals surface area contributed by atoms with Crippen molar-refractivity contribution in [1.82, 2.24) is 24.7 Å². The molecule has 5 rings (SSSR count). The molecule has 0 saturated carbocycles. The molecule has 0 atom stereocenters. The van der Waals surface area contributed by atoms with Crippen LogP contribution in [0.3, 0.4) is 0 Å². The van der Waals surface area contributed by atoms with E-state index in [2.05, 4.69) is 20.1 Å². The van der Waals surface area contributed by atoms with Crippen LogP contribution in [0.15, 0.2) is 88.9 Å². The molecule has 0 aliphatic rings. The number of hydrogen-bond acceptors (Lipinski definition) is 7. The third kappa shape index (κ3) is 3.70. The van der Waals surface area contributed by atoms with E-state index < -0.39 is 9.84 Å². The largest absolute Gasteiger partial charge is 0.382 e. The summed E-state index contributed by atoms with van der Waals surface area (Å²) in [5.74, 6) is -0.399. The average Bonchev–Trinajstić information content (AvgIpc) is 3.19. The molecule has 2 aromatic carbocycles. The smallest absolute Gasteiger partial charge is 0.211 e. The van der Waals surface area contributed by atoms with Crippen molar-refractivity contribution >= 4 is 26.7 Å². The molecule has 0 saturated heterocycles. The van der Waals surface area contributed by atoms with Crippen LogP contribution in [0, 0.1) is 5.82 Å². The molecule has 0 aliphatic carbocycles. The number of benzene rings is 2. The van der Waals surface area contributed by atoms with Gasteiger partial charge in [-0.05, 0) is 30.3 Å². The first-order chi connectivity index (χ1) is 15.9. The number of pyridine rings is 1. The van der Waals surface area contributed by atoms with Crippen molar-refractivity contribution in [3.05, 3.63) is 90.5 Å². The number of anilines is 1. The van der Waals surface area contributed by atoms with Gasteiger partial charge in [0.15, 0.2) is 11.5 Å². The number of halogens is 1. The summed E-state index contributed by atoms with van der Waals surface area (Å²) in [6, 6.07) is 17.9. The Labute approximate surface area is 188 Å². The summed E-state index contributed by atoms with van der Waals surface area (Å²) in [5, 5.41) is 5.18. The number of nitrogens with zero attached hydrogens (tertiary/aromatic N) is 5. The summed E-state index contributed by atoms with van der Waals surface area (Å²) in [7, 11) is -3.88.